The largest absolute Gasteiger partial charge is 0.436 e. The first-order chi connectivity index (χ1) is 10.3. The van der Waals surface area contributed by atoms with Crippen LogP contribution in [0.3, 0.4) is 0 Å². The van der Waals surface area contributed by atoms with E-state index in [0.717, 1.165) is 22.8 Å². The van der Waals surface area contributed by atoms with Crippen molar-refractivity contribution < 1.29 is 4.74 Å². The number of pyridine rings is 1. The van der Waals surface area contributed by atoms with Crippen LogP contribution in [-0.2, 0) is 0 Å². The summed E-state index contributed by atoms with van der Waals surface area (Å²) in [6.07, 6.45) is 5.93. The van der Waals surface area contributed by atoms with Gasteiger partial charge in [-0.25, -0.2) is 0 Å². The van der Waals surface area contributed by atoms with E-state index >= 15 is 0 Å². The van der Waals surface area contributed by atoms with Gasteiger partial charge in [-0.05, 0) is 28.4 Å². The Labute approximate surface area is 129 Å². The summed E-state index contributed by atoms with van der Waals surface area (Å²) in [7, 11) is 0. The van der Waals surface area contributed by atoms with Crippen molar-refractivity contribution in [2.75, 3.05) is 11.9 Å². The molecule has 0 spiro atoms. The highest BCUT2D eigenvalue weighted by Gasteiger charge is 2.11. The fourth-order valence-corrected chi connectivity index (χ4v) is 2.11. The molecular weight excluding hydrogens is 336 g/mol. The van der Waals surface area contributed by atoms with Gasteiger partial charge in [-0.1, -0.05) is 6.92 Å². The lowest BCUT2D eigenvalue weighted by Gasteiger charge is -2.08. The van der Waals surface area contributed by atoms with Crippen molar-refractivity contribution in [2.45, 2.75) is 13.3 Å². The standard InChI is InChI=1S/C13H13BrN6O/c1-2-3-16-13-18-11-10(7-17-20-11)12(19-13)21-9-4-8(14)5-15-6-9/h4-7H,2-3H2,1H3,(H2,16,17,18,19,20). The van der Waals surface area contributed by atoms with Gasteiger partial charge in [-0.3, -0.25) is 10.1 Å². The molecule has 0 atom stereocenters. The van der Waals surface area contributed by atoms with Crippen molar-refractivity contribution in [1.29, 1.82) is 0 Å². The van der Waals surface area contributed by atoms with Crippen molar-refractivity contribution in [3.8, 4) is 11.6 Å². The van der Waals surface area contributed by atoms with Crippen LogP contribution in [0.15, 0.2) is 29.1 Å². The summed E-state index contributed by atoms with van der Waals surface area (Å²) < 4.78 is 6.64. The third-order valence-corrected chi connectivity index (χ3v) is 3.14. The van der Waals surface area contributed by atoms with Crippen LogP contribution in [-0.4, -0.2) is 31.7 Å². The number of fused-ring (bicyclic) bond motifs is 1. The normalized spacial score (nSPS) is 10.8. The zero-order chi connectivity index (χ0) is 14.7. The van der Waals surface area contributed by atoms with Gasteiger partial charge in [0, 0.05) is 17.2 Å². The molecular formula is C13H13BrN6O. The number of anilines is 1. The molecule has 0 bridgehead atoms. The van der Waals surface area contributed by atoms with Gasteiger partial charge in [0.1, 0.15) is 11.1 Å². The molecule has 0 saturated carbocycles. The second-order valence-electron chi connectivity index (χ2n) is 4.35. The minimum atomic E-state index is 0.437. The third-order valence-electron chi connectivity index (χ3n) is 2.70. The van der Waals surface area contributed by atoms with Gasteiger partial charge in [0.25, 0.3) is 0 Å². The van der Waals surface area contributed by atoms with Crippen LogP contribution < -0.4 is 10.1 Å². The number of H-pyrrole nitrogens is 1. The van der Waals surface area contributed by atoms with Gasteiger partial charge in [0.2, 0.25) is 11.8 Å². The fraction of sp³-hybridized carbons (Fsp3) is 0.231. The minimum absolute atomic E-state index is 0.437. The quantitative estimate of drug-likeness (QED) is 0.736. The first-order valence-electron chi connectivity index (χ1n) is 6.49. The first kappa shape index (κ1) is 13.7. The summed E-state index contributed by atoms with van der Waals surface area (Å²) in [5.41, 5.74) is 0.626. The molecule has 7 nitrogen and oxygen atoms in total. The lowest BCUT2D eigenvalue weighted by Crippen LogP contribution is -2.05. The maximum absolute atomic E-state index is 5.81. The molecule has 108 valence electrons. The number of aromatic amines is 1. The molecule has 2 N–H and O–H groups in total. The van der Waals surface area contributed by atoms with E-state index in [-0.39, 0.29) is 0 Å². The molecule has 3 aromatic heterocycles. The summed E-state index contributed by atoms with van der Waals surface area (Å²) in [5.74, 6) is 1.53. The van der Waals surface area contributed by atoms with Crippen LogP contribution in [0.5, 0.6) is 11.6 Å². The zero-order valence-electron chi connectivity index (χ0n) is 11.3. The number of nitrogens with zero attached hydrogens (tertiary/aromatic N) is 4. The molecule has 3 aromatic rings. The van der Waals surface area contributed by atoms with E-state index < -0.39 is 0 Å². The average Bonchev–Trinajstić information content (AvgIpc) is 2.94. The monoisotopic (exact) mass is 348 g/mol. The van der Waals surface area contributed by atoms with Crippen molar-refractivity contribution in [2.24, 2.45) is 0 Å². The Kier molecular flexibility index (Phi) is 3.96. The Balaban J connectivity index is 1.97. The molecule has 0 saturated heterocycles. The number of hydrogen-bond acceptors (Lipinski definition) is 6. The predicted molar refractivity (Wildman–Crippen MR) is 82.5 cm³/mol. The topological polar surface area (TPSA) is 88.6 Å². The number of rotatable bonds is 5. The van der Waals surface area contributed by atoms with E-state index in [1.54, 1.807) is 18.6 Å². The van der Waals surface area contributed by atoms with Gasteiger partial charge < -0.3 is 10.1 Å². The van der Waals surface area contributed by atoms with Crippen LogP contribution in [0.25, 0.3) is 11.0 Å². The van der Waals surface area contributed by atoms with Crippen molar-refractivity contribution in [1.82, 2.24) is 25.1 Å². The Morgan fingerprint density at radius 3 is 3.00 bits per heavy atom. The van der Waals surface area contributed by atoms with Gasteiger partial charge in [0.15, 0.2) is 5.65 Å². The molecule has 8 heteroatoms. The molecule has 0 radical (unpaired) electrons. The molecule has 0 aliphatic heterocycles. The fourth-order valence-electron chi connectivity index (χ4n) is 1.76. The van der Waals surface area contributed by atoms with Crippen molar-refractivity contribution in [3.63, 3.8) is 0 Å². The van der Waals surface area contributed by atoms with Gasteiger partial charge in [-0.2, -0.15) is 15.1 Å². The van der Waals surface area contributed by atoms with E-state index in [2.05, 4.69) is 53.3 Å². The van der Waals surface area contributed by atoms with Crippen LogP contribution in [0.1, 0.15) is 13.3 Å². The first-order valence-corrected chi connectivity index (χ1v) is 7.29. The summed E-state index contributed by atoms with van der Waals surface area (Å²) in [4.78, 5) is 12.8. The number of halogens is 1. The lowest BCUT2D eigenvalue weighted by atomic mass is 10.4. The molecule has 0 amide bonds. The minimum Gasteiger partial charge on any atom is -0.436 e. The van der Waals surface area contributed by atoms with Crippen LogP contribution in [0.4, 0.5) is 5.95 Å². The summed E-state index contributed by atoms with van der Waals surface area (Å²) in [6.45, 7) is 2.86. The molecule has 3 heterocycles. The molecule has 0 aliphatic rings. The smallest absolute Gasteiger partial charge is 0.235 e. The van der Waals surface area contributed by atoms with Gasteiger partial charge >= 0.3 is 0 Å². The zero-order valence-corrected chi connectivity index (χ0v) is 12.9. The van der Waals surface area contributed by atoms with Crippen molar-refractivity contribution >= 4 is 32.9 Å². The molecule has 0 unspecified atom stereocenters. The van der Waals surface area contributed by atoms with Gasteiger partial charge in [0.05, 0.1) is 12.4 Å². The highest BCUT2D eigenvalue weighted by Crippen LogP contribution is 2.28. The van der Waals surface area contributed by atoms with E-state index in [0.29, 0.717) is 23.2 Å². The van der Waals surface area contributed by atoms with Crippen molar-refractivity contribution in [3.05, 3.63) is 29.1 Å². The summed E-state index contributed by atoms with van der Waals surface area (Å²) >= 11 is 3.36. The molecule has 21 heavy (non-hydrogen) atoms. The number of nitrogens with one attached hydrogen (secondary N) is 2. The second-order valence-corrected chi connectivity index (χ2v) is 5.27. The third kappa shape index (κ3) is 3.10. The Bertz CT molecular complexity index is 759. The van der Waals surface area contributed by atoms with E-state index in [9.17, 15) is 0 Å². The van der Waals surface area contributed by atoms with Crippen LogP contribution in [0, 0.1) is 0 Å². The highest BCUT2D eigenvalue weighted by atomic mass is 79.9. The number of ether oxygens (including phenoxy) is 1. The maximum Gasteiger partial charge on any atom is 0.235 e. The Morgan fingerprint density at radius 2 is 2.19 bits per heavy atom. The number of aromatic nitrogens is 5. The van der Waals surface area contributed by atoms with E-state index in [1.807, 2.05) is 6.07 Å². The molecule has 0 aliphatic carbocycles. The average molecular weight is 349 g/mol. The molecule has 0 fully saturated rings. The summed E-state index contributed by atoms with van der Waals surface area (Å²) in [6, 6.07) is 1.82. The van der Waals surface area contributed by atoms with Gasteiger partial charge in [-0.15, -0.1) is 0 Å². The molecule has 0 aromatic carbocycles. The summed E-state index contributed by atoms with van der Waals surface area (Å²) in [5, 5.41) is 10.7. The SMILES string of the molecule is CCCNc1nc(Oc2cncc(Br)c2)c2cn[nH]c2n1. The van der Waals surface area contributed by atoms with E-state index in [4.69, 9.17) is 4.74 Å². The lowest BCUT2D eigenvalue weighted by molar-refractivity contribution is 0.466. The van der Waals surface area contributed by atoms with E-state index in [1.165, 1.54) is 0 Å². The maximum atomic E-state index is 5.81. The highest BCUT2D eigenvalue weighted by molar-refractivity contribution is 9.10. The second kappa shape index (κ2) is 6.04. The Hall–Kier alpha value is -2.22. The van der Waals surface area contributed by atoms with Crippen LogP contribution >= 0.6 is 15.9 Å². The van der Waals surface area contributed by atoms with Crippen LogP contribution in [0.2, 0.25) is 0 Å². The Morgan fingerprint density at radius 1 is 1.29 bits per heavy atom. The number of hydrogen-bond donors (Lipinski definition) is 2. The molecule has 3 rings (SSSR count). The predicted octanol–water partition coefficient (Wildman–Crippen LogP) is 3.12.